The Labute approximate surface area is 117 Å². The number of rotatable bonds is 4. The lowest BCUT2D eigenvalue weighted by Crippen LogP contribution is -2.48. The molecule has 5 nitrogen and oxygen atoms in total. The molecular weight excluding hydrogens is 261 g/mol. The molecule has 20 heavy (non-hydrogen) atoms. The highest BCUT2D eigenvalue weighted by molar-refractivity contribution is 5.35. The van der Waals surface area contributed by atoms with E-state index in [0.29, 0.717) is 25.2 Å². The monoisotopic (exact) mass is 281 g/mol. The van der Waals surface area contributed by atoms with Crippen LogP contribution in [0.15, 0.2) is 18.2 Å². The summed E-state index contributed by atoms with van der Waals surface area (Å²) in [5, 5.41) is 10.6. The van der Waals surface area contributed by atoms with E-state index in [1.54, 1.807) is 6.07 Å². The van der Waals surface area contributed by atoms with Gasteiger partial charge in [-0.15, -0.1) is 0 Å². The molecule has 2 unspecified atom stereocenters. The smallest absolute Gasteiger partial charge is 0.304 e. The van der Waals surface area contributed by atoms with Crippen LogP contribution in [0.5, 0.6) is 0 Å². The number of nitrogens with two attached hydrogens (primary N) is 1. The first-order valence-electron chi connectivity index (χ1n) is 6.91. The lowest BCUT2D eigenvalue weighted by Gasteiger charge is -2.40. The van der Waals surface area contributed by atoms with Crippen molar-refractivity contribution in [3.8, 4) is 0 Å². The molecule has 0 radical (unpaired) electrons. The van der Waals surface area contributed by atoms with Crippen molar-refractivity contribution < 1.29 is 9.31 Å². The van der Waals surface area contributed by atoms with Crippen molar-refractivity contribution in [2.75, 3.05) is 6.54 Å². The van der Waals surface area contributed by atoms with Crippen molar-refractivity contribution in [2.24, 2.45) is 5.73 Å². The molecule has 0 amide bonds. The normalized spacial score (nSPS) is 23.8. The highest BCUT2D eigenvalue weighted by atomic mass is 19.1. The zero-order valence-corrected chi connectivity index (χ0v) is 11.6. The van der Waals surface area contributed by atoms with Crippen LogP contribution in [0, 0.1) is 15.9 Å². The van der Waals surface area contributed by atoms with E-state index in [0.717, 1.165) is 24.8 Å². The summed E-state index contributed by atoms with van der Waals surface area (Å²) >= 11 is 0. The minimum atomic E-state index is -0.776. The third kappa shape index (κ3) is 3.13. The van der Waals surface area contributed by atoms with Crippen LogP contribution in [-0.4, -0.2) is 28.5 Å². The first kappa shape index (κ1) is 14.9. The second kappa shape index (κ2) is 6.28. The van der Waals surface area contributed by atoms with Crippen molar-refractivity contribution in [2.45, 2.75) is 44.8 Å². The first-order chi connectivity index (χ1) is 9.52. The molecule has 6 heteroatoms. The lowest BCUT2D eigenvalue weighted by atomic mass is 9.95. The molecule has 0 bridgehead atoms. The van der Waals surface area contributed by atoms with Gasteiger partial charge in [0.05, 0.1) is 4.92 Å². The van der Waals surface area contributed by atoms with E-state index in [1.165, 1.54) is 12.1 Å². The van der Waals surface area contributed by atoms with Crippen LogP contribution < -0.4 is 5.73 Å². The average Bonchev–Trinajstić information content (AvgIpc) is 2.40. The van der Waals surface area contributed by atoms with Gasteiger partial charge < -0.3 is 5.73 Å². The third-order valence-corrected chi connectivity index (χ3v) is 4.04. The van der Waals surface area contributed by atoms with Gasteiger partial charge in [-0.3, -0.25) is 15.0 Å². The molecule has 1 saturated heterocycles. The number of hydrogen-bond donors (Lipinski definition) is 1. The fourth-order valence-electron chi connectivity index (χ4n) is 2.89. The summed E-state index contributed by atoms with van der Waals surface area (Å²) in [6.45, 7) is 3.31. The summed E-state index contributed by atoms with van der Waals surface area (Å²) in [5.41, 5.74) is 6.07. The van der Waals surface area contributed by atoms with Crippen molar-refractivity contribution in [1.82, 2.24) is 4.90 Å². The van der Waals surface area contributed by atoms with Gasteiger partial charge in [0.1, 0.15) is 0 Å². The number of nitro groups is 1. The second-order valence-corrected chi connectivity index (χ2v) is 5.38. The Hall–Kier alpha value is -1.53. The van der Waals surface area contributed by atoms with Gasteiger partial charge in [-0.1, -0.05) is 12.5 Å². The molecule has 1 aliphatic rings. The number of benzene rings is 1. The molecule has 1 aliphatic heterocycles. The van der Waals surface area contributed by atoms with Gasteiger partial charge in [0.2, 0.25) is 5.82 Å². The van der Waals surface area contributed by atoms with Crippen molar-refractivity contribution in [3.05, 3.63) is 39.7 Å². The van der Waals surface area contributed by atoms with Gasteiger partial charge in [-0.2, -0.15) is 4.39 Å². The highest BCUT2D eigenvalue weighted by Crippen LogP contribution is 2.26. The van der Waals surface area contributed by atoms with Crippen LogP contribution in [-0.2, 0) is 6.54 Å². The maximum atomic E-state index is 13.6. The summed E-state index contributed by atoms with van der Waals surface area (Å²) in [5.74, 6) is -0.776. The summed E-state index contributed by atoms with van der Waals surface area (Å²) in [7, 11) is 0. The van der Waals surface area contributed by atoms with Gasteiger partial charge in [-0.05, 0) is 31.4 Å². The van der Waals surface area contributed by atoms with Crippen LogP contribution in [0.25, 0.3) is 0 Å². The Balaban J connectivity index is 2.16. The lowest BCUT2D eigenvalue weighted by molar-refractivity contribution is -0.387. The fraction of sp³-hybridized carbons (Fsp3) is 0.571. The molecular formula is C14H20FN3O2. The van der Waals surface area contributed by atoms with Crippen molar-refractivity contribution in [3.63, 3.8) is 0 Å². The second-order valence-electron chi connectivity index (χ2n) is 5.38. The number of halogens is 1. The molecule has 0 spiro atoms. The Morgan fingerprint density at radius 3 is 2.85 bits per heavy atom. The molecule has 1 aromatic rings. The molecule has 2 N–H and O–H groups in total. The van der Waals surface area contributed by atoms with Crippen LogP contribution >= 0.6 is 0 Å². The number of hydrogen-bond acceptors (Lipinski definition) is 4. The zero-order valence-electron chi connectivity index (χ0n) is 11.6. The zero-order chi connectivity index (χ0) is 14.7. The standard InChI is InChI=1S/C14H20FN3O2/c1-10-3-2-4-12(8-16)17(10)9-11-5-6-14(18(19)20)13(15)7-11/h5-7,10,12H,2-4,8-9,16H2,1H3. The van der Waals surface area contributed by atoms with Crippen LogP contribution in [0.3, 0.4) is 0 Å². The van der Waals surface area contributed by atoms with Gasteiger partial charge in [-0.25, -0.2) is 0 Å². The minimum Gasteiger partial charge on any atom is -0.329 e. The van der Waals surface area contributed by atoms with Gasteiger partial charge in [0.15, 0.2) is 0 Å². The third-order valence-electron chi connectivity index (χ3n) is 4.04. The summed E-state index contributed by atoms with van der Waals surface area (Å²) in [6.07, 6.45) is 3.32. The summed E-state index contributed by atoms with van der Waals surface area (Å²) in [6, 6.07) is 4.81. The molecule has 1 heterocycles. The van der Waals surface area contributed by atoms with Gasteiger partial charge in [0.25, 0.3) is 0 Å². The molecule has 2 rings (SSSR count). The Kier molecular flexibility index (Phi) is 4.67. The molecule has 2 atom stereocenters. The van der Waals surface area contributed by atoms with Crippen molar-refractivity contribution in [1.29, 1.82) is 0 Å². The predicted molar refractivity (Wildman–Crippen MR) is 74.8 cm³/mol. The first-order valence-corrected chi connectivity index (χ1v) is 6.91. The topological polar surface area (TPSA) is 72.4 Å². The minimum absolute atomic E-state index is 0.303. The summed E-state index contributed by atoms with van der Waals surface area (Å²) < 4.78 is 13.6. The number of likely N-dealkylation sites (tertiary alicyclic amines) is 1. The molecule has 0 saturated carbocycles. The summed E-state index contributed by atoms with van der Waals surface area (Å²) in [4.78, 5) is 12.2. The quantitative estimate of drug-likeness (QED) is 0.679. The molecule has 0 aliphatic carbocycles. The van der Waals surface area contributed by atoms with Gasteiger partial charge in [0, 0.05) is 31.2 Å². The largest absolute Gasteiger partial charge is 0.329 e. The predicted octanol–water partition coefficient (Wildman–Crippen LogP) is 2.44. The Morgan fingerprint density at radius 1 is 1.50 bits per heavy atom. The maximum absolute atomic E-state index is 13.6. The SMILES string of the molecule is CC1CCCC(CN)N1Cc1ccc([N+](=O)[O-])c(F)c1. The van der Waals surface area contributed by atoms with E-state index in [4.69, 9.17) is 5.73 Å². The highest BCUT2D eigenvalue weighted by Gasteiger charge is 2.27. The van der Waals surface area contributed by atoms with E-state index in [9.17, 15) is 14.5 Å². The molecule has 1 fully saturated rings. The molecule has 110 valence electrons. The maximum Gasteiger partial charge on any atom is 0.304 e. The van der Waals surface area contributed by atoms with E-state index in [2.05, 4.69) is 11.8 Å². The number of nitrogens with zero attached hydrogens (tertiary/aromatic N) is 2. The van der Waals surface area contributed by atoms with Crippen LogP contribution in [0.4, 0.5) is 10.1 Å². The Morgan fingerprint density at radius 2 is 2.25 bits per heavy atom. The average molecular weight is 281 g/mol. The Bertz CT molecular complexity index is 495. The van der Waals surface area contributed by atoms with E-state index in [1.807, 2.05) is 0 Å². The molecule has 1 aromatic carbocycles. The van der Waals surface area contributed by atoms with Gasteiger partial charge >= 0.3 is 5.69 Å². The van der Waals surface area contributed by atoms with E-state index < -0.39 is 16.4 Å². The van der Waals surface area contributed by atoms with E-state index in [-0.39, 0.29) is 0 Å². The van der Waals surface area contributed by atoms with E-state index >= 15 is 0 Å². The fourth-order valence-corrected chi connectivity index (χ4v) is 2.89. The molecule has 0 aromatic heterocycles. The van der Waals surface area contributed by atoms with Crippen LogP contribution in [0.1, 0.15) is 31.7 Å². The number of nitro benzene ring substituents is 1. The van der Waals surface area contributed by atoms with Crippen LogP contribution in [0.2, 0.25) is 0 Å². The number of piperidine rings is 1. The van der Waals surface area contributed by atoms with Crippen molar-refractivity contribution >= 4 is 5.69 Å².